The molecule has 2 aromatic heterocycles. The number of aromatic amines is 1. The minimum Gasteiger partial charge on any atom is -0.481 e. The number of aromatic nitrogens is 4. The molecule has 0 saturated carbocycles. The fourth-order valence-electron chi connectivity index (χ4n) is 3.60. The Morgan fingerprint density at radius 2 is 2.03 bits per heavy atom. The Morgan fingerprint density at radius 1 is 1.28 bits per heavy atom. The highest BCUT2D eigenvalue weighted by molar-refractivity contribution is 7.89. The van der Waals surface area contributed by atoms with Crippen LogP contribution in [0, 0.1) is 0 Å². The van der Waals surface area contributed by atoms with E-state index in [4.69, 9.17) is 10.5 Å². The number of nitrogens with one attached hydrogen (secondary N) is 1. The maximum absolute atomic E-state index is 13.0. The van der Waals surface area contributed by atoms with E-state index in [1.807, 2.05) is 6.92 Å². The number of sulfonamides is 1. The second kappa shape index (κ2) is 11.5. The molecule has 0 aliphatic rings. The molecule has 0 aliphatic carbocycles. The molecular formula is C23H32N6O6S. The quantitative estimate of drug-likeness (QED) is 0.285. The van der Waals surface area contributed by atoms with E-state index in [-0.39, 0.29) is 29.0 Å². The van der Waals surface area contributed by atoms with Crippen LogP contribution in [0.2, 0.25) is 0 Å². The molecule has 0 saturated heterocycles. The van der Waals surface area contributed by atoms with Crippen molar-refractivity contribution in [1.82, 2.24) is 23.8 Å². The zero-order chi connectivity index (χ0) is 26.5. The number of hydrogen-bond donors (Lipinski definition) is 3. The SMILES string of the molecule is CCCCOc1nc(N)c2[nH]c(=O)n(CCCCN(C)S(=O)(=O)c3cccc(C(C)C(=O)O)c3)c2n1. The van der Waals surface area contributed by atoms with Crippen molar-refractivity contribution >= 4 is 33.0 Å². The third-order valence-corrected chi connectivity index (χ3v) is 7.75. The Morgan fingerprint density at radius 3 is 2.72 bits per heavy atom. The van der Waals surface area contributed by atoms with Crippen LogP contribution in [0.1, 0.15) is 51.0 Å². The van der Waals surface area contributed by atoms with Gasteiger partial charge in [0.05, 0.1) is 17.4 Å². The molecule has 0 bridgehead atoms. The Kier molecular flexibility index (Phi) is 8.69. The normalized spacial score (nSPS) is 12.8. The Bertz CT molecular complexity index is 1380. The number of nitrogens with zero attached hydrogens (tertiary/aromatic N) is 4. The summed E-state index contributed by atoms with van der Waals surface area (Å²) in [5, 5.41) is 9.22. The van der Waals surface area contributed by atoms with E-state index in [9.17, 15) is 23.1 Å². The van der Waals surface area contributed by atoms with Crippen LogP contribution in [-0.4, -0.2) is 63.5 Å². The lowest BCUT2D eigenvalue weighted by Gasteiger charge is -2.18. The molecule has 0 radical (unpaired) electrons. The van der Waals surface area contributed by atoms with E-state index < -0.39 is 21.9 Å². The van der Waals surface area contributed by atoms with Crippen LogP contribution in [0.15, 0.2) is 34.0 Å². The van der Waals surface area contributed by atoms with E-state index in [0.29, 0.717) is 42.7 Å². The summed E-state index contributed by atoms with van der Waals surface area (Å²) in [7, 11) is -2.34. The van der Waals surface area contributed by atoms with Crippen molar-refractivity contribution in [3.05, 3.63) is 40.3 Å². The van der Waals surface area contributed by atoms with Gasteiger partial charge in [-0.05, 0) is 43.9 Å². The fraction of sp³-hybridized carbons (Fsp3) is 0.478. The molecule has 0 spiro atoms. The lowest BCUT2D eigenvalue weighted by molar-refractivity contribution is -0.138. The van der Waals surface area contributed by atoms with Gasteiger partial charge in [-0.1, -0.05) is 25.5 Å². The zero-order valence-electron chi connectivity index (χ0n) is 20.6. The molecule has 196 valence electrons. The first-order chi connectivity index (χ1) is 17.1. The number of rotatable bonds is 13. The Labute approximate surface area is 209 Å². The number of anilines is 1. The number of benzene rings is 1. The number of carboxylic acids is 1. The highest BCUT2D eigenvalue weighted by atomic mass is 32.2. The standard InChI is InChI=1S/C23H32N6O6S/c1-4-5-13-35-22-26-19(24)18-20(27-22)29(23(32)25-18)12-7-6-11-28(3)36(33,34)17-10-8-9-16(14-17)15(2)21(30)31/h8-10,14-15H,4-7,11-13H2,1-3H3,(H,25,32)(H,30,31)(H2,24,26,27). The maximum atomic E-state index is 13.0. The van der Waals surface area contributed by atoms with Gasteiger partial charge < -0.3 is 20.6 Å². The van der Waals surface area contributed by atoms with E-state index >= 15 is 0 Å². The highest BCUT2D eigenvalue weighted by Gasteiger charge is 2.23. The van der Waals surface area contributed by atoms with Crippen molar-refractivity contribution < 1.29 is 23.1 Å². The van der Waals surface area contributed by atoms with Crippen LogP contribution < -0.4 is 16.2 Å². The fourth-order valence-corrected chi connectivity index (χ4v) is 4.87. The van der Waals surface area contributed by atoms with Crippen molar-refractivity contribution in [2.75, 3.05) is 25.9 Å². The number of aliphatic carboxylic acids is 1. The molecular weight excluding hydrogens is 488 g/mol. The van der Waals surface area contributed by atoms with Gasteiger partial charge in [0.2, 0.25) is 10.0 Å². The Balaban J connectivity index is 1.66. The van der Waals surface area contributed by atoms with Gasteiger partial charge in [-0.25, -0.2) is 17.5 Å². The number of unbranched alkanes of at least 4 members (excludes halogenated alkanes) is 2. The number of imidazole rings is 1. The number of hydrogen-bond acceptors (Lipinski definition) is 8. The molecule has 1 aromatic carbocycles. The number of H-pyrrole nitrogens is 1. The van der Waals surface area contributed by atoms with Crippen LogP contribution in [0.25, 0.3) is 11.2 Å². The second-order valence-corrected chi connectivity index (χ2v) is 10.6. The summed E-state index contributed by atoms with van der Waals surface area (Å²) in [6, 6.07) is 6.06. The van der Waals surface area contributed by atoms with Crippen LogP contribution >= 0.6 is 0 Å². The summed E-state index contributed by atoms with van der Waals surface area (Å²) in [5.74, 6) is -1.74. The number of nitrogens with two attached hydrogens (primary N) is 1. The predicted octanol–water partition coefficient (Wildman–Crippen LogP) is 2.17. The minimum absolute atomic E-state index is 0.0335. The van der Waals surface area contributed by atoms with Gasteiger partial charge in [-0.15, -0.1) is 0 Å². The van der Waals surface area contributed by atoms with Crippen LogP contribution in [0.3, 0.4) is 0 Å². The molecule has 4 N–H and O–H groups in total. The molecule has 13 heteroatoms. The first kappa shape index (κ1) is 27.1. The van der Waals surface area contributed by atoms with Gasteiger partial charge >= 0.3 is 17.7 Å². The average molecular weight is 521 g/mol. The monoisotopic (exact) mass is 520 g/mol. The average Bonchev–Trinajstić information content (AvgIpc) is 3.16. The summed E-state index contributed by atoms with van der Waals surface area (Å²) in [4.78, 5) is 34.8. The minimum atomic E-state index is -3.81. The van der Waals surface area contributed by atoms with Crippen molar-refractivity contribution in [3.8, 4) is 6.01 Å². The lowest BCUT2D eigenvalue weighted by atomic mass is 10.0. The van der Waals surface area contributed by atoms with E-state index in [0.717, 1.165) is 12.8 Å². The highest BCUT2D eigenvalue weighted by Crippen LogP contribution is 2.22. The molecule has 1 unspecified atom stereocenters. The lowest BCUT2D eigenvalue weighted by Crippen LogP contribution is -2.28. The van der Waals surface area contributed by atoms with Crippen LogP contribution in [0.4, 0.5) is 5.82 Å². The Hall–Kier alpha value is -3.45. The first-order valence-corrected chi connectivity index (χ1v) is 13.2. The molecule has 3 rings (SSSR count). The second-order valence-electron chi connectivity index (χ2n) is 8.54. The molecule has 2 heterocycles. The van der Waals surface area contributed by atoms with Crippen molar-refractivity contribution in [2.24, 2.45) is 0 Å². The summed E-state index contributed by atoms with van der Waals surface area (Å²) < 4.78 is 34.2. The van der Waals surface area contributed by atoms with Crippen molar-refractivity contribution in [1.29, 1.82) is 0 Å². The topological polar surface area (TPSA) is 174 Å². The number of fused-ring (bicyclic) bond motifs is 1. The first-order valence-electron chi connectivity index (χ1n) is 11.7. The molecule has 0 aliphatic heterocycles. The van der Waals surface area contributed by atoms with E-state index in [1.165, 1.54) is 41.0 Å². The third kappa shape index (κ3) is 6.02. The van der Waals surface area contributed by atoms with E-state index in [2.05, 4.69) is 15.0 Å². The summed E-state index contributed by atoms with van der Waals surface area (Å²) in [6.45, 7) is 4.48. The summed E-state index contributed by atoms with van der Waals surface area (Å²) >= 11 is 0. The summed E-state index contributed by atoms with van der Waals surface area (Å²) in [5.41, 5.74) is 6.66. The smallest absolute Gasteiger partial charge is 0.327 e. The molecule has 0 fully saturated rings. The summed E-state index contributed by atoms with van der Waals surface area (Å²) in [6.07, 6.45) is 2.75. The van der Waals surface area contributed by atoms with Crippen molar-refractivity contribution in [3.63, 3.8) is 0 Å². The molecule has 1 atom stereocenters. The number of nitrogen functional groups attached to an aromatic ring is 1. The molecule has 12 nitrogen and oxygen atoms in total. The van der Waals surface area contributed by atoms with Gasteiger partial charge in [0, 0.05) is 20.1 Å². The maximum Gasteiger partial charge on any atom is 0.327 e. The third-order valence-electron chi connectivity index (χ3n) is 5.90. The number of carbonyl (C=O) groups is 1. The molecule has 0 amide bonds. The van der Waals surface area contributed by atoms with Gasteiger partial charge in [-0.2, -0.15) is 9.97 Å². The van der Waals surface area contributed by atoms with Gasteiger partial charge in [0.15, 0.2) is 11.5 Å². The number of carboxylic acid groups (broad SMARTS) is 1. The van der Waals surface area contributed by atoms with Crippen LogP contribution in [0.5, 0.6) is 6.01 Å². The van der Waals surface area contributed by atoms with Crippen LogP contribution in [-0.2, 0) is 21.4 Å². The van der Waals surface area contributed by atoms with Gasteiger partial charge in [0.25, 0.3) is 0 Å². The predicted molar refractivity (Wildman–Crippen MR) is 135 cm³/mol. The van der Waals surface area contributed by atoms with Crippen molar-refractivity contribution in [2.45, 2.75) is 56.9 Å². The molecule has 36 heavy (non-hydrogen) atoms. The van der Waals surface area contributed by atoms with Gasteiger partial charge in [0.1, 0.15) is 5.52 Å². The number of ether oxygens (including phenoxy) is 1. The number of aryl methyl sites for hydroxylation is 1. The molecule has 3 aromatic rings. The van der Waals surface area contributed by atoms with Gasteiger partial charge in [-0.3, -0.25) is 9.36 Å². The zero-order valence-corrected chi connectivity index (χ0v) is 21.4. The van der Waals surface area contributed by atoms with E-state index in [1.54, 1.807) is 6.07 Å². The largest absolute Gasteiger partial charge is 0.481 e.